The van der Waals surface area contributed by atoms with Crippen LogP contribution in [0.3, 0.4) is 0 Å². The van der Waals surface area contributed by atoms with Gasteiger partial charge in [0.15, 0.2) is 0 Å². The van der Waals surface area contributed by atoms with Crippen molar-refractivity contribution in [2.45, 2.75) is 53.4 Å². The zero-order chi connectivity index (χ0) is 21.7. The summed E-state index contributed by atoms with van der Waals surface area (Å²) in [6, 6.07) is 20.4. The summed E-state index contributed by atoms with van der Waals surface area (Å²) in [4.78, 5) is 0. The molecule has 2 heteroatoms. The molecule has 2 atom stereocenters. The molecule has 0 fully saturated rings. The van der Waals surface area contributed by atoms with Crippen molar-refractivity contribution in [1.82, 2.24) is 0 Å². The van der Waals surface area contributed by atoms with Gasteiger partial charge in [0.2, 0.25) is 0 Å². The van der Waals surface area contributed by atoms with Gasteiger partial charge in [-0.2, -0.15) is 0 Å². The van der Waals surface area contributed by atoms with Crippen LogP contribution in [0.5, 0.6) is 0 Å². The Bertz CT molecular complexity index is 1150. The summed E-state index contributed by atoms with van der Waals surface area (Å²) in [5, 5.41) is 0. The van der Waals surface area contributed by atoms with Crippen molar-refractivity contribution in [3.8, 4) is 0 Å². The number of rotatable bonds is 5. The summed E-state index contributed by atoms with van der Waals surface area (Å²) in [5.41, 5.74) is 10.8. The Kier molecular flexibility index (Phi) is 5.87. The van der Waals surface area contributed by atoms with Crippen molar-refractivity contribution < 1.29 is 15.7 Å². The van der Waals surface area contributed by atoms with Crippen LogP contribution in [0.2, 0.25) is 8.26 Å². The third-order valence-electron chi connectivity index (χ3n) is 8.95. The summed E-state index contributed by atoms with van der Waals surface area (Å²) in [5.74, 6) is 0.630. The SMILES string of the molecule is C[CH2][Zr](=[GeH2])([CH2]C)([C]1=C(C)C(C)=C(C)C1C)[CH]1C=C(c2ccccc2)c2ccccc21. The maximum absolute atomic E-state index is 3.31. The molecule has 0 bridgehead atoms. The summed E-state index contributed by atoms with van der Waals surface area (Å²) in [6.07, 6.45) is 2.72. The Morgan fingerprint density at radius 2 is 1.43 bits per heavy atom. The monoisotopic (exact) mass is 536 g/mol. The molecule has 0 N–H and O–H groups in total. The van der Waals surface area contributed by atoms with E-state index in [1.165, 1.54) is 37.1 Å². The van der Waals surface area contributed by atoms with E-state index >= 15 is 0 Å². The van der Waals surface area contributed by atoms with Crippen LogP contribution in [0.4, 0.5) is 0 Å². The van der Waals surface area contributed by atoms with Crippen LogP contribution in [0.15, 0.2) is 80.7 Å². The Labute approximate surface area is 188 Å². The summed E-state index contributed by atoms with van der Waals surface area (Å²) in [7, 11) is 0. The zero-order valence-electron chi connectivity index (χ0n) is 19.5. The number of hydrogen-bond acceptors (Lipinski definition) is 0. The van der Waals surface area contributed by atoms with Gasteiger partial charge in [0.05, 0.1) is 0 Å². The fraction of sp³-hybridized carbons (Fsp3) is 0.357. The third kappa shape index (κ3) is 3.02. The molecule has 0 saturated carbocycles. The molecule has 2 aromatic rings. The van der Waals surface area contributed by atoms with E-state index in [1.807, 2.05) is 3.28 Å². The molecule has 2 aliphatic rings. The fourth-order valence-corrected chi connectivity index (χ4v) is 34.4. The number of allylic oxidation sites excluding steroid dienone is 5. The van der Waals surface area contributed by atoms with Gasteiger partial charge in [-0.25, -0.2) is 0 Å². The Morgan fingerprint density at radius 1 is 0.833 bits per heavy atom. The van der Waals surface area contributed by atoms with Crippen LogP contribution in [-0.2, 0) is 15.7 Å². The van der Waals surface area contributed by atoms with Crippen LogP contribution in [0, 0.1) is 5.92 Å². The molecule has 4 rings (SSSR count). The average Bonchev–Trinajstić information content (AvgIpc) is 3.27. The van der Waals surface area contributed by atoms with E-state index < -0.39 is 15.7 Å². The van der Waals surface area contributed by atoms with Gasteiger partial charge in [-0.15, -0.1) is 0 Å². The first-order valence-electron chi connectivity index (χ1n) is 11.6. The predicted octanol–water partition coefficient (Wildman–Crippen LogP) is 7.55. The molecule has 2 aromatic carbocycles. The first kappa shape index (κ1) is 22.3. The second kappa shape index (κ2) is 7.90. The van der Waals surface area contributed by atoms with Crippen LogP contribution >= 0.6 is 0 Å². The van der Waals surface area contributed by atoms with E-state index in [0.29, 0.717) is 9.54 Å². The minimum absolute atomic E-state index is 0.630. The van der Waals surface area contributed by atoms with Gasteiger partial charge in [-0.05, 0) is 0 Å². The predicted molar refractivity (Wildman–Crippen MR) is 132 cm³/mol. The molecule has 0 heterocycles. The van der Waals surface area contributed by atoms with Gasteiger partial charge in [0, 0.05) is 0 Å². The quantitative estimate of drug-likeness (QED) is 0.347. The van der Waals surface area contributed by atoms with E-state index in [-0.39, 0.29) is 0 Å². The summed E-state index contributed by atoms with van der Waals surface area (Å²) in [6.45, 7) is 14.8. The van der Waals surface area contributed by atoms with Crippen molar-refractivity contribution in [2.75, 3.05) is 0 Å². The normalized spacial score (nSPS) is 21.9. The van der Waals surface area contributed by atoms with Gasteiger partial charge in [0.1, 0.15) is 0 Å². The van der Waals surface area contributed by atoms with Crippen molar-refractivity contribution in [3.63, 3.8) is 0 Å². The number of hydrogen-bond donors (Lipinski definition) is 0. The van der Waals surface area contributed by atoms with Crippen molar-refractivity contribution in [3.05, 3.63) is 97.4 Å². The van der Waals surface area contributed by atoms with Crippen molar-refractivity contribution in [2.24, 2.45) is 5.92 Å². The molecule has 30 heavy (non-hydrogen) atoms. The second-order valence-electron chi connectivity index (χ2n) is 9.82. The van der Waals surface area contributed by atoms with E-state index in [2.05, 4.69) is 102 Å². The molecule has 0 nitrogen and oxygen atoms in total. The van der Waals surface area contributed by atoms with Gasteiger partial charge in [-0.1, -0.05) is 0 Å². The van der Waals surface area contributed by atoms with Gasteiger partial charge >= 0.3 is 190 Å². The third-order valence-corrected chi connectivity index (χ3v) is 51.0. The standard InChI is InChI=1S/C15H11.C9H13.2C2H5.GeH2.Zr/c1-2-6-12(7-3-1)15-11-10-13-8-4-5-9-14(13)15;1-6-5-7(2)9(4)8(6)3;2*1-2;;/h1-11H;6H,1-4H3;2*1H2,2H3;1H2;. The van der Waals surface area contributed by atoms with Crippen LogP contribution in [0.25, 0.3) is 5.57 Å². The van der Waals surface area contributed by atoms with Crippen LogP contribution < -0.4 is 0 Å². The van der Waals surface area contributed by atoms with Crippen molar-refractivity contribution >= 4 is 17.7 Å². The molecule has 0 aromatic heterocycles. The van der Waals surface area contributed by atoms with E-state index in [4.69, 9.17) is 0 Å². The number of benzene rings is 2. The Hall–Kier alpha value is -0.914. The van der Waals surface area contributed by atoms with Gasteiger partial charge in [0.25, 0.3) is 0 Å². The molecule has 0 saturated heterocycles. The van der Waals surface area contributed by atoms with Gasteiger partial charge in [-0.3, -0.25) is 0 Å². The molecule has 2 aliphatic carbocycles. The van der Waals surface area contributed by atoms with E-state index in [9.17, 15) is 0 Å². The second-order valence-corrected chi connectivity index (χ2v) is 48.0. The molecule has 156 valence electrons. The van der Waals surface area contributed by atoms with E-state index in [1.54, 1.807) is 22.3 Å². The Balaban J connectivity index is 2.01. The molecule has 0 amide bonds. The molecular weight excluding hydrogens is 500 g/mol. The Morgan fingerprint density at radius 3 is 2.00 bits per heavy atom. The topological polar surface area (TPSA) is 0 Å². The summed E-state index contributed by atoms with van der Waals surface area (Å²) >= 11 is -1.82. The fourth-order valence-electron chi connectivity index (χ4n) is 6.55. The van der Waals surface area contributed by atoms with Crippen LogP contribution in [0.1, 0.15) is 61.9 Å². The minimum atomic E-state index is -3.31. The number of fused-ring (bicyclic) bond motifs is 1. The molecule has 2 unspecified atom stereocenters. The maximum atomic E-state index is 2.72. The molecule has 0 spiro atoms. The van der Waals surface area contributed by atoms with Gasteiger partial charge < -0.3 is 0 Å². The first-order chi connectivity index (χ1) is 14.3. The first-order valence-corrected chi connectivity index (χ1v) is 28.2. The van der Waals surface area contributed by atoms with Crippen molar-refractivity contribution in [1.29, 1.82) is 0 Å². The van der Waals surface area contributed by atoms with Crippen LogP contribution in [-0.4, -0.2) is 12.1 Å². The molecule has 0 aliphatic heterocycles. The van der Waals surface area contributed by atoms with E-state index in [0.717, 1.165) is 0 Å². The average molecular weight is 536 g/mol. The molecular formula is C28H36GeZr. The molecule has 0 radical (unpaired) electrons. The summed E-state index contributed by atoms with van der Waals surface area (Å²) < 4.78 is 5.36. The zero-order valence-corrected chi connectivity index (χ0v) is 25.0.